The number of likely N-dealkylation sites (N-methyl/N-ethyl adjacent to an activating group) is 1. The maximum atomic E-state index is 12.0. The number of likely N-dealkylation sites (tertiary alicyclic amines) is 2. The van der Waals surface area contributed by atoms with Crippen LogP contribution in [-0.4, -0.2) is 99.7 Å². The van der Waals surface area contributed by atoms with E-state index in [4.69, 9.17) is 4.74 Å². The van der Waals surface area contributed by atoms with Gasteiger partial charge in [0.25, 0.3) is 0 Å². The normalized spacial score (nSPS) is 21.5. The molecule has 2 saturated heterocycles. The van der Waals surface area contributed by atoms with Gasteiger partial charge in [0.15, 0.2) is 5.96 Å². The van der Waals surface area contributed by atoms with Crippen LogP contribution < -0.4 is 5.32 Å². The maximum Gasteiger partial charge on any atom is 0.243 e. The monoisotopic (exact) mass is 381 g/mol. The molecule has 0 aromatic heterocycles. The highest BCUT2D eigenvalue weighted by atomic mass is 16.5. The molecule has 7 heteroatoms. The molecule has 7 nitrogen and oxygen atoms in total. The van der Waals surface area contributed by atoms with Crippen molar-refractivity contribution in [3.8, 4) is 0 Å². The minimum absolute atomic E-state index is 0.0349. The van der Waals surface area contributed by atoms with Gasteiger partial charge in [0.1, 0.15) is 6.54 Å². The molecule has 0 aromatic carbocycles. The SMILES string of the molecule is CCOCCCNC(=NCC(=O)N(C)C)N1CCC(CN2CCCCC2)C1. The Morgan fingerprint density at radius 1 is 1.22 bits per heavy atom. The number of rotatable bonds is 9. The van der Waals surface area contributed by atoms with Crippen LogP contribution >= 0.6 is 0 Å². The van der Waals surface area contributed by atoms with Gasteiger partial charge in [-0.1, -0.05) is 6.42 Å². The molecule has 2 rings (SSSR count). The maximum absolute atomic E-state index is 12.0. The number of ether oxygens (including phenoxy) is 1. The smallest absolute Gasteiger partial charge is 0.243 e. The van der Waals surface area contributed by atoms with Crippen LogP contribution in [0.15, 0.2) is 4.99 Å². The average molecular weight is 382 g/mol. The third-order valence-electron chi connectivity index (χ3n) is 5.37. The fourth-order valence-corrected chi connectivity index (χ4v) is 3.75. The summed E-state index contributed by atoms with van der Waals surface area (Å²) in [6.45, 7) is 10.3. The Bertz CT molecular complexity index is 463. The lowest BCUT2D eigenvalue weighted by molar-refractivity contribution is -0.127. The molecule has 0 saturated carbocycles. The zero-order valence-corrected chi connectivity index (χ0v) is 17.6. The number of hydrogen-bond acceptors (Lipinski definition) is 4. The standard InChI is InChI=1S/C20H39N5O2/c1-4-27-14-8-10-21-20(22-15-19(26)23(2)3)25-13-9-18(17-25)16-24-11-6-5-7-12-24/h18H,4-17H2,1-3H3,(H,21,22). The van der Waals surface area contributed by atoms with E-state index in [9.17, 15) is 4.79 Å². The third-order valence-corrected chi connectivity index (χ3v) is 5.37. The van der Waals surface area contributed by atoms with Crippen LogP contribution in [0.4, 0.5) is 0 Å². The van der Waals surface area contributed by atoms with Crippen molar-refractivity contribution < 1.29 is 9.53 Å². The minimum atomic E-state index is 0.0349. The second kappa shape index (κ2) is 12.2. The summed E-state index contributed by atoms with van der Waals surface area (Å²) in [6.07, 6.45) is 6.22. The summed E-state index contributed by atoms with van der Waals surface area (Å²) < 4.78 is 5.41. The quantitative estimate of drug-likeness (QED) is 0.370. The lowest BCUT2D eigenvalue weighted by Crippen LogP contribution is -2.42. The highest BCUT2D eigenvalue weighted by Gasteiger charge is 2.27. The van der Waals surface area contributed by atoms with Crippen molar-refractivity contribution >= 4 is 11.9 Å². The van der Waals surface area contributed by atoms with E-state index in [1.807, 2.05) is 6.92 Å². The summed E-state index contributed by atoms with van der Waals surface area (Å²) in [5, 5.41) is 3.45. The number of piperidine rings is 1. The average Bonchev–Trinajstić information content (AvgIpc) is 3.12. The van der Waals surface area contributed by atoms with Crippen LogP contribution in [0.2, 0.25) is 0 Å². The van der Waals surface area contributed by atoms with E-state index in [2.05, 4.69) is 20.1 Å². The summed E-state index contributed by atoms with van der Waals surface area (Å²) in [4.78, 5) is 23.1. The predicted octanol–water partition coefficient (Wildman–Crippen LogP) is 1.25. The van der Waals surface area contributed by atoms with Crippen LogP contribution in [0.5, 0.6) is 0 Å². The van der Waals surface area contributed by atoms with Gasteiger partial charge in [0, 0.05) is 53.5 Å². The Kier molecular flexibility index (Phi) is 9.91. The summed E-state index contributed by atoms with van der Waals surface area (Å²) in [5.41, 5.74) is 0. The molecule has 0 aliphatic carbocycles. The molecule has 0 bridgehead atoms. The van der Waals surface area contributed by atoms with Gasteiger partial charge in [-0.05, 0) is 51.6 Å². The van der Waals surface area contributed by atoms with Gasteiger partial charge in [-0.15, -0.1) is 0 Å². The van der Waals surface area contributed by atoms with Gasteiger partial charge >= 0.3 is 0 Å². The molecule has 1 unspecified atom stereocenters. The number of carbonyl (C=O) groups excluding carboxylic acids is 1. The first-order valence-electron chi connectivity index (χ1n) is 10.6. The van der Waals surface area contributed by atoms with E-state index in [0.29, 0.717) is 5.92 Å². The summed E-state index contributed by atoms with van der Waals surface area (Å²) in [5.74, 6) is 1.61. The van der Waals surface area contributed by atoms with Gasteiger partial charge in [-0.25, -0.2) is 4.99 Å². The van der Waals surface area contributed by atoms with E-state index >= 15 is 0 Å². The molecule has 0 aromatic rings. The summed E-state index contributed by atoms with van der Waals surface area (Å²) in [7, 11) is 3.55. The van der Waals surface area contributed by atoms with Crippen LogP contribution in [0.3, 0.4) is 0 Å². The first-order valence-corrected chi connectivity index (χ1v) is 10.6. The number of carbonyl (C=O) groups is 1. The van der Waals surface area contributed by atoms with Crippen molar-refractivity contribution in [2.45, 2.75) is 39.0 Å². The van der Waals surface area contributed by atoms with E-state index < -0.39 is 0 Å². The molecule has 156 valence electrons. The predicted molar refractivity (Wildman–Crippen MR) is 110 cm³/mol. The number of nitrogens with one attached hydrogen (secondary N) is 1. The Labute approximate surface area is 165 Å². The lowest BCUT2D eigenvalue weighted by atomic mass is 10.1. The fraction of sp³-hybridized carbons (Fsp3) is 0.900. The Balaban J connectivity index is 1.85. The van der Waals surface area contributed by atoms with Gasteiger partial charge in [-0.3, -0.25) is 4.79 Å². The largest absolute Gasteiger partial charge is 0.382 e. The molecule has 2 aliphatic rings. The molecule has 2 aliphatic heterocycles. The van der Waals surface area contributed by atoms with Crippen LogP contribution in [0.1, 0.15) is 39.0 Å². The second-order valence-corrected chi connectivity index (χ2v) is 7.87. The van der Waals surface area contributed by atoms with E-state index in [-0.39, 0.29) is 12.5 Å². The van der Waals surface area contributed by atoms with Gasteiger partial charge in [0.05, 0.1) is 0 Å². The number of amides is 1. The van der Waals surface area contributed by atoms with Crippen molar-refractivity contribution in [2.75, 3.05) is 73.1 Å². The fourth-order valence-electron chi connectivity index (χ4n) is 3.75. The zero-order valence-electron chi connectivity index (χ0n) is 17.6. The minimum Gasteiger partial charge on any atom is -0.382 e. The Hall–Kier alpha value is -1.34. The van der Waals surface area contributed by atoms with E-state index in [1.54, 1.807) is 19.0 Å². The first-order chi connectivity index (χ1) is 13.1. The Morgan fingerprint density at radius 3 is 2.70 bits per heavy atom. The number of nitrogens with zero attached hydrogens (tertiary/aromatic N) is 4. The van der Waals surface area contributed by atoms with Crippen molar-refractivity contribution in [1.29, 1.82) is 0 Å². The van der Waals surface area contributed by atoms with Crippen molar-refractivity contribution in [1.82, 2.24) is 20.0 Å². The van der Waals surface area contributed by atoms with Crippen LogP contribution in [0, 0.1) is 5.92 Å². The zero-order chi connectivity index (χ0) is 19.5. The summed E-state index contributed by atoms with van der Waals surface area (Å²) >= 11 is 0. The van der Waals surface area contributed by atoms with Crippen LogP contribution in [-0.2, 0) is 9.53 Å². The molecule has 1 atom stereocenters. The van der Waals surface area contributed by atoms with Crippen molar-refractivity contribution in [3.05, 3.63) is 0 Å². The summed E-state index contributed by atoms with van der Waals surface area (Å²) in [6, 6.07) is 0. The molecular formula is C20H39N5O2. The Morgan fingerprint density at radius 2 is 2.00 bits per heavy atom. The highest BCUT2D eigenvalue weighted by molar-refractivity contribution is 5.85. The van der Waals surface area contributed by atoms with Gasteiger partial charge in [-0.2, -0.15) is 0 Å². The molecule has 0 radical (unpaired) electrons. The van der Waals surface area contributed by atoms with Crippen molar-refractivity contribution in [2.24, 2.45) is 10.9 Å². The van der Waals surface area contributed by atoms with E-state index in [1.165, 1.54) is 45.3 Å². The number of hydrogen-bond donors (Lipinski definition) is 1. The first kappa shape index (κ1) is 22.0. The molecule has 2 heterocycles. The molecule has 1 N–H and O–H groups in total. The molecule has 0 spiro atoms. The molecule has 27 heavy (non-hydrogen) atoms. The molecule has 2 fully saturated rings. The number of aliphatic imine (C=N–C) groups is 1. The second-order valence-electron chi connectivity index (χ2n) is 7.87. The van der Waals surface area contributed by atoms with Crippen molar-refractivity contribution in [3.63, 3.8) is 0 Å². The van der Waals surface area contributed by atoms with E-state index in [0.717, 1.165) is 45.2 Å². The highest BCUT2D eigenvalue weighted by Crippen LogP contribution is 2.20. The van der Waals surface area contributed by atoms with Crippen LogP contribution in [0.25, 0.3) is 0 Å². The molecular weight excluding hydrogens is 342 g/mol. The number of guanidine groups is 1. The van der Waals surface area contributed by atoms with Gasteiger partial charge < -0.3 is 24.8 Å². The third kappa shape index (κ3) is 8.05. The molecule has 1 amide bonds. The van der Waals surface area contributed by atoms with Gasteiger partial charge in [0.2, 0.25) is 5.91 Å². The lowest BCUT2D eigenvalue weighted by Gasteiger charge is -2.29. The topological polar surface area (TPSA) is 60.4 Å².